The van der Waals surface area contributed by atoms with E-state index >= 15 is 0 Å². The van der Waals surface area contributed by atoms with E-state index in [0.29, 0.717) is 16.9 Å². The Bertz CT molecular complexity index is 845. The Kier molecular flexibility index (Phi) is 4.76. The fraction of sp³-hybridized carbons (Fsp3) is 0.0625. The molecule has 0 bridgehead atoms. The molecular formula is C16H11Cl3N4O. The lowest BCUT2D eigenvalue weighted by atomic mass is 10.2. The van der Waals surface area contributed by atoms with Crippen molar-refractivity contribution in [2.24, 2.45) is 4.99 Å². The minimum atomic E-state index is -0.392. The summed E-state index contributed by atoms with van der Waals surface area (Å²) in [5, 5.41) is 3.28. The van der Waals surface area contributed by atoms with Crippen LogP contribution in [0.2, 0.25) is 10.3 Å². The van der Waals surface area contributed by atoms with E-state index in [1.165, 1.54) is 4.90 Å². The zero-order chi connectivity index (χ0) is 17.3. The van der Waals surface area contributed by atoms with Crippen LogP contribution in [0, 0.1) is 0 Å². The molecule has 0 atom stereocenters. The number of carbonyl (C=O) groups excluding carboxylic acids is 1. The molecule has 1 aliphatic heterocycles. The quantitative estimate of drug-likeness (QED) is 0.600. The van der Waals surface area contributed by atoms with E-state index in [1.54, 1.807) is 31.2 Å². The number of nitrogens with zero attached hydrogens (tertiary/aromatic N) is 3. The molecule has 24 heavy (non-hydrogen) atoms. The highest BCUT2D eigenvalue weighted by molar-refractivity contribution is 6.34. The van der Waals surface area contributed by atoms with Gasteiger partial charge in [0.05, 0.1) is 11.4 Å². The smallest absolute Gasteiger partial charge is 0.291 e. The minimum absolute atomic E-state index is 0.177. The van der Waals surface area contributed by atoms with Gasteiger partial charge in [-0.15, -0.1) is 0 Å². The predicted molar refractivity (Wildman–Crippen MR) is 96.8 cm³/mol. The summed E-state index contributed by atoms with van der Waals surface area (Å²) in [6, 6.07) is 11.8. The van der Waals surface area contributed by atoms with Gasteiger partial charge in [-0.1, -0.05) is 53.0 Å². The molecule has 1 aliphatic rings. The summed E-state index contributed by atoms with van der Waals surface area (Å²) in [6.45, 7) is 1.72. The first kappa shape index (κ1) is 16.8. The number of urea groups is 1. The van der Waals surface area contributed by atoms with Crippen molar-refractivity contribution in [1.82, 2.24) is 10.3 Å². The maximum absolute atomic E-state index is 12.7. The number of hydrogen-bond acceptors (Lipinski definition) is 3. The number of allylic oxidation sites excluding steroid dienone is 1. The molecule has 0 saturated heterocycles. The van der Waals surface area contributed by atoms with Crippen LogP contribution >= 0.6 is 34.8 Å². The molecular weight excluding hydrogens is 371 g/mol. The lowest BCUT2D eigenvalue weighted by Crippen LogP contribution is -2.41. The lowest BCUT2D eigenvalue weighted by Gasteiger charge is -2.22. The number of rotatable bonds is 2. The topological polar surface area (TPSA) is 57.6 Å². The molecule has 0 spiro atoms. The monoisotopic (exact) mass is 380 g/mol. The fourth-order valence-corrected chi connectivity index (χ4v) is 2.86. The average Bonchev–Trinajstić information content (AvgIpc) is 2.64. The number of halogens is 3. The van der Waals surface area contributed by atoms with Crippen LogP contribution < -0.4 is 10.2 Å². The average molecular weight is 382 g/mol. The molecule has 1 N–H and O–H groups in total. The Morgan fingerprint density at radius 1 is 1.04 bits per heavy atom. The summed E-state index contributed by atoms with van der Waals surface area (Å²) < 4.78 is 0. The maximum atomic E-state index is 12.7. The zero-order valence-corrected chi connectivity index (χ0v) is 14.7. The van der Waals surface area contributed by atoms with E-state index in [0.717, 1.165) is 0 Å². The number of amides is 2. The van der Waals surface area contributed by atoms with Crippen LogP contribution in [0.3, 0.4) is 0 Å². The molecule has 0 aliphatic carbocycles. The van der Waals surface area contributed by atoms with E-state index < -0.39 is 6.03 Å². The predicted octanol–water partition coefficient (Wildman–Crippen LogP) is 4.79. The summed E-state index contributed by atoms with van der Waals surface area (Å²) in [7, 11) is 0. The second kappa shape index (κ2) is 6.81. The molecule has 0 fully saturated rings. The van der Waals surface area contributed by atoms with Crippen LogP contribution in [-0.4, -0.2) is 16.9 Å². The van der Waals surface area contributed by atoms with Crippen molar-refractivity contribution < 1.29 is 4.79 Å². The Hall–Kier alpha value is -2.08. The summed E-state index contributed by atoms with van der Waals surface area (Å²) in [5.74, 6) is 0.244. The van der Waals surface area contributed by atoms with Crippen molar-refractivity contribution in [3.63, 3.8) is 0 Å². The number of hydrogen-bond donors (Lipinski definition) is 1. The Labute approximate surface area is 153 Å². The zero-order valence-electron chi connectivity index (χ0n) is 12.4. The van der Waals surface area contributed by atoms with Gasteiger partial charge < -0.3 is 0 Å². The molecule has 2 amide bonds. The minimum Gasteiger partial charge on any atom is -0.291 e. The largest absolute Gasteiger partial charge is 0.331 e. The van der Waals surface area contributed by atoms with E-state index in [9.17, 15) is 4.79 Å². The number of nitrogens with one attached hydrogen (secondary N) is 1. The number of pyridine rings is 1. The number of aliphatic imine (C=N–C) groups is 1. The van der Waals surface area contributed by atoms with Gasteiger partial charge in [-0.3, -0.25) is 10.2 Å². The van der Waals surface area contributed by atoms with Gasteiger partial charge in [0.1, 0.15) is 16.1 Å². The second-order valence-corrected chi connectivity index (χ2v) is 6.07. The second-order valence-electron chi connectivity index (χ2n) is 4.94. The standard InChI is InChI=1S/C16H11Cl3N4O/c1-9-14(19)21-15(10-7-12(17)20-13(18)8-10)22-16(24)23(9)11-5-3-2-4-6-11/h2-8H,1H3,(H,21,22,24). The van der Waals surface area contributed by atoms with Crippen molar-refractivity contribution in [3.8, 4) is 0 Å². The molecule has 8 heteroatoms. The number of amidine groups is 1. The van der Waals surface area contributed by atoms with Crippen molar-refractivity contribution in [1.29, 1.82) is 0 Å². The van der Waals surface area contributed by atoms with Gasteiger partial charge in [-0.25, -0.2) is 14.8 Å². The Morgan fingerprint density at radius 2 is 1.67 bits per heavy atom. The first-order valence-electron chi connectivity index (χ1n) is 6.90. The summed E-state index contributed by atoms with van der Waals surface area (Å²) >= 11 is 18.1. The SMILES string of the molecule is CC1=C(Cl)N=C(c2cc(Cl)nc(Cl)c2)NC(=O)N1c1ccccc1. The third-order valence-electron chi connectivity index (χ3n) is 3.32. The molecule has 0 radical (unpaired) electrons. The molecule has 1 aromatic carbocycles. The van der Waals surface area contributed by atoms with Crippen molar-refractivity contribution in [2.45, 2.75) is 6.92 Å². The van der Waals surface area contributed by atoms with Crippen LogP contribution in [0.5, 0.6) is 0 Å². The van der Waals surface area contributed by atoms with E-state index in [2.05, 4.69) is 15.3 Å². The highest BCUT2D eigenvalue weighted by Gasteiger charge is 2.25. The number of para-hydroxylation sites is 1. The molecule has 0 unspecified atom stereocenters. The first-order chi connectivity index (χ1) is 11.5. The maximum Gasteiger partial charge on any atom is 0.331 e. The number of carbonyl (C=O) groups is 1. The Morgan fingerprint density at radius 3 is 2.29 bits per heavy atom. The molecule has 0 saturated carbocycles. The summed E-state index contributed by atoms with van der Waals surface area (Å²) in [4.78, 5) is 22.3. The molecule has 2 aromatic rings. The van der Waals surface area contributed by atoms with E-state index in [4.69, 9.17) is 34.8 Å². The van der Waals surface area contributed by atoms with Gasteiger partial charge in [0, 0.05) is 5.56 Å². The summed E-state index contributed by atoms with van der Waals surface area (Å²) in [5.41, 5.74) is 1.68. The van der Waals surface area contributed by atoms with Gasteiger partial charge in [0.2, 0.25) is 0 Å². The number of aromatic nitrogens is 1. The van der Waals surface area contributed by atoms with Crippen molar-refractivity contribution in [2.75, 3.05) is 4.90 Å². The third kappa shape index (κ3) is 3.38. The van der Waals surface area contributed by atoms with Gasteiger partial charge in [-0.2, -0.15) is 0 Å². The fourth-order valence-electron chi connectivity index (χ4n) is 2.24. The Balaban J connectivity index is 2.04. The van der Waals surface area contributed by atoms with E-state index in [-0.39, 0.29) is 21.3 Å². The van der Waals surface area contributed by atoms with Crippen LogP contribution in [0.1, 0.15) is 12.5 Å². The lowest BCUT2D eigenvalue weighted by molar-refractivity contribution is 0.252. The molecule has 3 rings (SSSR count). The van der Waals surface area contributed by atoms with Crippen molar-refractivity contribution >= 4 is 52.4 Å². The van der Waals surface area contributed by atoms with Gasteiger partial charge >= 0.3 is 6.03 Å². The van der Waals surface area contributed by atoms with Crippen molar-refractivity contribution in [3.05, 3.63) is 69.2 Å². The first-order valence-corrected chi connectivity index (χ1v) is 8.04. The van der Waals surface area contributed by atoms with Crippen LogP contribution in [-0.2, 0) is 0 Å². The van der Waals surface area contributed by atoms with Gasteiger partial charge in [0.15, 0.2) is 5.16 Å². The highest BCUT2D eigenvalue weighted by Crippen LogP contribution is 2.26. The van der Waals surface area contributed by atoms with Crippen LogP contribution in [0.15, 0.2) is 58.3 Å². The van der Waals surface area contributed by atoms with E-state index in [1.807, 2.05) is 18.2 Å². The normalized spacial score (nSPS) is 15.1. The number of benzene rings is 1. The molecule has 1 aromatic heterocycles. The molecule has 122 valence electrons. The summed E-state index contributed by atoms with van der Waals surface area (Å²) in [6.07, 6.45) is 0. The highest BCUT2D eigenvalue weighted by atomic mass is 35.5. The third-order valence-corrected chi connectivity index (χ3v) is 4.07. The molecule has 2 heterocycles. The number of anilines is 1. The van der Waals surface area contributed by atoms with Gasteiger partial charge in [-0.05, 0) is 31.2 Å². The van der Waals surface area contributed by atoms with Gasteiger partial charge in [0.25, 0.3) is 0 Å². The molecule has 5 nitrogen and oxygen atoms in total. The van der Waals surface area contributed by atoms with Crippen LogP contribution in [0.25, 0.3) is 0 Å². The van der Waals surface area contributed by atoms with Crippen LogP contribution in [0.4, 0.5) is 10.5 Å².